The number of hydrogen-bond acceptors (Lipinski definition) is 4. The van der Waals surface area contributed by atoms with Crippen molar-refractivity contribution in [3.8, 4) is 11.1 Å². The number of nitrogens with zero attached hydrogens (tertiary/aromatic N) is 1. The number of carboxylic acids is 1. The fourth-order valence-corrected chi connectivity index (χ4v) is 5.09. The molecule has 0 heterocycles. The van der Waals surface area contributed by atoms with Gasteiger partial charge in [-0.05, 0) is 40.2 Å². The Labute approximate surface area is 229 Å². The van der Waals surface area contributed by atoms with Crippen LogP contribution in [0.2, 0.25) is 0 Å². The van der Waals surface area contributed by atoms with Crippen molar-refractivity contribution in [2.75, 3.05) is 13.2 Å². The lowest BCUT2D eigenvalue weighted by atomic mass is 9.98. The first kappa shape index (κ1) is 27.9. The second-order valence-electron chi connectivity index (χ2n) is 10.2. The van der Waals surface area contributed by atoms with Gasteiger partial charge in [0.1, 0.15) is 12.6 Å². The number of benzene rings is 3. The third-order valence-electron chi connectivity index (χ3n) is 7.39. The number of carbonyl (C=O) groups excluding carboxylic acids is 2. The number of alkyl carbamates (subject to hydrolysis) is 1. The molecule has 0 spiro atoms. The van der Waals surface area contributed by atoms with Crippen molar-refractivity contribution >= 4 is 18.0 Å². The van der Waals surface area contributed by atoms with Crippen LogP contribution in [0.5, 0.6) is 0 Å². The number of amides is 2. The van der Waals surface area contributed by atoms with E-state index in [2.05, 4.69) is 29.6 Å². The van der Waals surface area contributed by atoms with Crippen molar-refractivity contribution < 1.29 is 24.2 Å². The Hall–Kier alpha value is -4.13. The van der Waals surface area contributed by atoms with Gasteiger partial charge in [-0.1, -0.05) is 99.1 Å². The van der Waals surface area contributed by atoms with Gasteiger partial charge in [0.25, 0.3) is 0 Å². The third-order valence-corrected chi connectivity index (χ3v) is 7.39. The number of carboxylic acid groups (broad SMARTS) is 1. The summed E-state index contributed by atoms with van der Waals surface area (Å²) in [5.74, 6) is -1.21. The molecule has 2 amide bonds. The average Bonchev–Trinajstić information content (AvgIpc) is 3.27. The highest BCUT2D eigenvalue weighted by atomic mass is 16.5. The second-order valence-corrected chi connectivity index (χ2v) is 10.2. The van der Waals surface area contributed by atoms with E-state index in [0.29, 0.717) is 6.42 Å². The third kappa shape index (κ3) is 7.05. The molecule has 0 fully saturated rings. The summed E-state index contributed by atoms with van der Waals surface area (Å²) in [6.07, 6.45) is 0.429. The zero-order valence-electron chi connectivity index (χ0n) is 22.5. The van der Waals surface area contributed by atoms with Gasteiger partial charge in [0.2, 0.25) is 5.91 Å². The molecule has 7 heteroatoms. The van der Waals surface area contributed by atoms with Crippen LogP contribution in [0.25, 0.3) is 11.1 Å². The minimum atomic E-state index is -0.983. The van der Waals surface area contributed by atoms with Crippen LogP contribution in [0.3, 0.4) is 0 Å². The Bertz CT molecular complexity index is 1250. The van der Waals surface area contributed by atoms with Crippen LogP contribution in [0.1, 0.15) is 55.7 Å². The summed E-state index contributed by atoms with van der Waals surface area (Å²) in [5.41, 5.74) is 5.39. The monoisotopic (exact) mass is 528 g/mol. The predicted octanol–water partition coefficient (Wildman–Crippen LogP) is 5.83. The molecular formula is C32H36N2O5. The van der Waals surface area contributed by atoms with E-state index >= 15 is 0 Å². The molecule has 2 unspecified atom stereocenters. The van der Waals surface area contributed by atoms with Crippen LogP contribution < -0.4 is 5.32 Å². The Morgan fingerprint density at radius 2 is 1.51 bits per heavy atom. The summed E-state index contributed by atoms with van der Waals surface area (Å²) in [6, 6.07) is 24.8. The minimum Gasteiger partial charge on any atom is -0.481 e. The van der Waals surface area contributed by atoms with Gasteiger partial charge in [-0.3, -0.25) is 9.59 Å². The minimum absolute atomic E-state index is 0.0481. The summed E-state index contributed by atoms with van der Waals surface area (Å²) in [7, 11) is 0. The van der Waals surface area contributed by atoms with E-state index in [1.54, 1.807) is 0 Å². The van der Waals surface area contributed by atoms with Crippen LogP contribution >= 0.6 is 0 Å². The fraction of sp³-hybridized carbons (Fsp3) is 0.344. The molecule has 204 valence electrons. The first-order chi connectivity index (χ1) is 18.9. The van der Waals surface area contributed by atoms with Crippen molar-refractivity contribution in [2.45, 2.75) is 51.6 Å². The first-order valence-corrected chi connectivity index (χ1v) is 13.5. The molecule has 0 bridgehead atoms. The van der Waals surface area contributed by atoms with Crippen LogP contribution in [0, 0.1) is 5.92 Å². The van der Waals surface area contributed by atoms with E-state index in [0.717, 1.165) is 34.2 Å². The smallest absolute Gasteiger partial charge is 0.407 e. The Balaban J connectivity index is 1.47. The molecule has 1 aliphatic carbocycles. The zero-order valence-corrected chi connectivity index (χ0v) is 22.5. The molecule has 2 N–H and O–H groups in total. The highest BCUT2D eigenvalue weighted by Gasteiger charge is 2.31. The van der Waals surface area contributed by atoms with E-state index in [1.807, 2.05) is 68.4 Å². The molecule has 0 saturated carbocycles. The van der Waals surface area contributed by atoms with Crippen LogP contribution in [0.15, 0.2) is 78.9 Å². The largest absolute Gasteiger partial charge is 0.481 e. The normalized spacial score (nSPS) is 13.6. The molecule has 7 nitrogen and oxygen atoms in total. The maximum atomic E-state index is 13.7. The average molecular weight is 529 g/mol. The lowest BCUT2D eigenvalue weighted by molar-refractivity contribution is -0.139. The van der Waals surface area contributed by atoms with Gasteiger partial charge >= 0.3 is 12.1 Å². The number of fused-ring (bicyclic) bond motifs is 3. The maximum absolute atomic E-state index is 13.7. The summed E-state index contributed by atoms with van der Waals surface area (Å²) < 4.78 is 5.72. The number of rotatable bonds is 12. The molecular weight excluding hydrogens is 492 g/mol. The van der Waals surface area contributed by atoms with E-state index in [4.69, 9.17) is 4.74 Å². The van der Waals surface area contributed by atoms with Crippen molar-refractivity contribution in [2.24, 2.45) is 5.92 Å². The summed E-state index contributed by atoms with van der Waals surface area (Å²) in [4.78, 5) is 39.6. The topological polar surface area (TPSA) is 95.9 Å². The standard InChI is InChI=1S/C32H36N2O5/c1-3-22(2)19-29(31(37)34(18-17-30(35)36)20-23-11-5-4-6-12-23)33-32(38)39-21-28-26-15-9-7-13-24(26)25-14-8-10-16-27(25)28/h4-16,22,28-29H,3,17-21H2,1-2H3,(H,33,38)(H,35,36). The first-order valence-electron chi connectivity index (χ1n) is 13.5. The molecule has 4 rings (SSSR count). The van der Waals surface area contributed by atoms with Crippen molar-refractivity contribution in [3.63, 3.8) is 0 Å². The number of carbonyl (C=O) groups is 3. The number of hydrogen-bond donors (Lipinski definition) is 2. The summed E-state index contributed by atoms with van der Waals surface area (Å²) >= 11 is 0. The molecule has 0 saturated heterocycles. The van der Waals surface area contributed by atoms with Crippen LogP contribution in [-0.2, 0) is 20.9 Å². The summed E-state index contributed by atoms with van der Waals surface area (Å²) in [5, 5.41) is 12.1. The van der Waals surface area contributed by atoms with Crippen LogP contribution in [-0.4, -0.2) is 47.2 Å². The predicted molar refractivity (Wildman–Crippen MR) is 150 cm³/mol. The lowest BCUT2D eigenvalue weighted by Crippen LogP contribution is -2.49. The van der Waals surface area contributed by atoms with E-state index < -0.39 is 18.1 Å². The Morgan fingerprint density at radius 3 is 2.10 bits per heavy atom. The van der Waals surface area contributed by atoms with Gasteiger partial charge in [0.05, 0.1) is 6.42 Å². The van der Waals surface area contributed by atoms with Crippen LogP contribution in [0.4, 0.5) is 4.79 Å². The van der Waals surface area contributed by atoms with E-state index in [1.165, 1.54) is 4.90 Å². The second kappa shape index (κ2) is 13.1. The molecule has 3 aromatic rings. The highest BCUT2D eigenvalue weighted by Crippen LogP contribution is 2.44. The molecule has 3 aromatic carbocycles. The zero-order chi connectivity index (χ0) is 27.8. The van der Waals surface area contributed by atoms with Crippen molar-refractivity contribution in [1.29, 1.82) is 0 Å². The molecule has 39 heavy (non-hydrogen) atoms. The number of aliphatic carboxylic acids is 1. The van der Waals surface area contributed by atoms with Crippen molar-refractivity contribution in [3.05, 3.63) is 95.6 Å². The van der Waals surface area contributed by atoms with Gasteiger partial charge in [0, 0.05) is 19.0 Å². The highest BCUT2D eigenvalue weighted by molar-refractivity contribution is 5.86. The molecule has 1 aliphatic rings. The number of ether oxygens (including phenoxy) is 1. The molecule has 0 aromatic heterocycles. The molecule has 0 radical (unpaired) electrons. The lowest BCUT2D eigenvalue weighted by Gasteiger charge is -2.29. The molecule has 2 atom stereocenters. The Kier molecular flexibility index (Phi) is 9.36. The van der Waals surface area contributed by atoms with Gasteiger partial charge < -0.3 is 20.1 Å². The fourth-order valence-electron chi connectivity index (χ4n) is 5.09. The van der Waals surface area contributed by atoms with Gasteiger partial charge in [-0.25, -0.2) is 4.79 Å². The van der Waals surface area contributed by atoms with Crippen molar-refractivity contribution in [1.82, 2.24) is 10.2 Å². The quantitative estimate of drug-likeness (QED) is 0.308. The molecule has 0 aliphatic heterocycles. The number of nitrogens with one attached hydrogen (secondary N) is 1. The Morgan fingerprint density at radius 1 is 0.923 bits per heavy atom. The van der Waals surface area contributed by atoms with Gasteiger partial charge in [0.15, 0.2) is 0 Å². The van der Waals surface area contributed by atoms with Gasteiger partial charge in [-0.15, -0.1) is 0 Å². The summed E-state index contributed by atoms with van der Waals surface area (Å²) in [6.45, 7) is 4.52. The van der Waals surface area contributed by atoms with Gasteiger partial charge in [-0.2, -0.15) is 0 Å². The van der Waals surface area contributed by atoms with E-state index in [9.17, 15) is 19.5 Å². The maximum Gasteiger partial charge on any atom is 0.407 e. The SMILES string of the molecule is CCC(C)CC(NC(=O)OCC1c2ccccc2-c2ccccc21)C(=O)N(CCC(=O)O)Cc1ccccc1. The van der Waals surface area contributed by atoms with E-state index in [-0.39, 0.29) is 43.9 Å².